The summed E-state index contributed by atoms with van der Waals surface area (Å²) in [7, 11) is 0. The molecule has 1 aromatic carbocycles. The van der Waals surface area contributed by atoms with Crippen LogP contribution < -0.4 is 16.6 Å². The third kappa shape index (κ3) is 2.29. The van der Waals surface area contributed by atoms with Gasteiger partial charge in [0.05, 0.1) is 11.3 Å². The van der Waals surface area contributed by atoms with Gasteiger partial charge in [-0.05, 0) is 12.1 Å². The van der Waals surface area contributed by atoms with E-state index in [0.29, 0.717) is 0 Å². The van der Waals surface area contributed by atoms with Crippen molar-refractivity contribution >= 4 is 17.3 Å². The van der Waals surface area contributed by atoms with Gasteiger partial charge in [0.25, 0.3) is 5.56 Å². The molecule has 0 spiro atoms. The molecule has 7 nitrogen and oxygen atoms in total. The molecule has 0 radical (unpaired) electrons. The molecule has 2 rings (SSSR count). The van der Waals surface area contributed by atoms with Crippen LogP contribution in [0.2, 0.25) is 0 Å². The number of benzene rings is 1. The maximum Gasteiger partial charge on any atom is 0.337 e. The van der Waals surface area contributed by atoms with Crippen molar-refractivity contribution in [2.75, 3.05) is 5.32 Å². The number of aromatic carboxylic acids is 1. The topological polar surface area (TPSA) is 115 Å². The molecule has 2 aromatic rings. The molecule has 0 aliphatic carbocycles. The van der Waals surface area contributed by atoms with Crippen LogP contribution in [-0.2, 0) is 0 Å². The highest BCUT2D eigenvalue weighted by molar-refractivity contribution is 5.95. The molecule has 0 saturated carbocycles. The number of carbonyl (C=O) groups is 1. The van der Waals surface area contributed by atoms with E-state index in [2.05, 4.69) is 10.3 Å². The Hall–Kier alpha value is -2.83. The number of anilines is 2. The van der Waals surface area contributed by atoms with Gasteiger partial charge in [-0.25, -0.2) is 9.59 Å². The van der Waals surface area contributed by atoms with E-state index >= 15 is 0 Å². The number of carboxylic acid groups (broad SMARTS) is 1. The number of hydrogen-bond donors (Lipinski definition) is 4. The molecule has 18 heavy (non-hydrogen) atoms. The van der Waals surface area contributed by atoms with Crippen LogP contribution in [0.5, 0.6) is 0 Å². The lowest BCUT2D eigenvalue weighted by atomic mass is 10.2. The van der Waals surface area contributed by atoms with Crippen LogP contribution in [0.25, 0.3) is 0 Å². The molecule has 0 saturated heterocycles. The van der Waals surface area contributed by atoms with E-state index in [1.54, 1.807) is 12.1 Å². The van der Waals surface area contributed by atoms with Gasteiger partial charge in [0.15, 0.2) is 0 Å². The summed E-state index contributed by atoms with van der Waals surface area (Å²) in [5, 5.41) is 11.6. The summed E-state index contributed by atoms with van der Waals surface area (Å²) in [6.45, 7) is 0. The van der Waals surface area contributed by atoms with Crippen molar-refractivity contribution in [2.45, 2.75) is 0 Å². The van der Waals surface area contributed by atoms with E-state index in [-0.39, 0.29) is 16.9 Å². The van der Waals surface area contributed by atoms with Gasteiger partial charge in [-0.3, -0.25) is 9.78 Å². The third-order valence-electron chi connectivity index (χ3n) is 2.25. The number of rotatable bonds is 3. The lowest BCUT2D eigenvalue weighted by molar-refractivity contribution is 0.0698. The minimum atomic E-state index is -1.11. The van der Waals surface area contributed by atoms with E-state index in [9.17, 15) is 14.4 Å². The second kappa shape index (κ2) is 4.58. The first-order chi connectivity index (χ1) is 8.58. The first-order valence-corrected chi connectivity index (χ1v) is 4.99. The van der Waals surface area contributed by atoms with E-state index in [1.807, 2.05) is 4.98 Å². The van der Waals surface area contributed by atoms with Crippen molar-refractivity contribution in [3.8, 4) is 0 Å². The van der Waals surface area contributed by atoms with Crippen LogP contribution in [0, 0.1) is 0 Å². The summed E-state index contributed by atoms with van der Waals surface area (Å²) in [5.41, 5.74) is -0.898. The fourth-order valence-corrected chi connectivity index (χ4v) is 1.43. The van der Waals surface area contributed by atoms with E-state index in [1.165, 1.54) is 18.3 Å². The lowest BCUT2D eigenvalue weighted by Gasteiger charge is -2.07. The molecule has 0 unspecified atom stereocenters. The van der Waals surface area contributed by atoms with Crippen molar-refractivity contribution < 1.29 is 9.90 Å². The summed E-state index contributed by atoms with van der Waals surface area (Å²) >= 11 is 0. The van der Waals surface area contributed by atoms with E-state index in [4.69, 9.17) is 5.11 Å². The molecule has 92 valence electrons. The average molecular weight is 247 g/mol. The molecule has 4 N–H and O–H groups in total. The summed E-state index contributed by atoms with van der Waals surface area (Å²) in [4.78, 5) is 37.6. The molecule has 1 heterocycles. The quantitative estimate of drug-likeness (QED) is 0.630. The number of aromatic amines is 2. The molecule has 0 atom stereocenters. The number of carboxylic acids is 1. The number of hydrogen-bond acceptors (Lipinski definition) is 4. The molecule has 1 aromatic heterocycles. The summed E-state index contributed by atoms with van der Waals surface area (Å²) in [6, 6.07) is 6.14. The zero-order valence-electron chi connectivity index (χ0n) is 9.06. The summed E-state index contributed by atoms with van der Waals surface area (Å²) in [5.74, 6) is -1.11. The second-order valence-corrected chi connectivity index (χ2v) is 3.46. The Morgan fingerprint density at radius 3 is 2.56 bits per heavy atom. The molecule has 7 heteroatoms. The van der Waals surface area contributed by atoms with Gasteiger partial charge in [0.2, 0.25) is 0 Å². The van der Waals surface area contributed by atoms with Gasteiger partial charge in [-0.2, -0.15) is 0 Å². The van der Waals surface area contributed by atoms with E-state index in [0.717, 1.165) is 0 Å². The highest BCUT2D eigenvalue weighted by atomic mass is 16.4. The number of aromatic nitrogens is 2. The Morgan fingerprint density at radius 2 is 1.89 bits per heavy atom. The first-order valence-electron chi connectivity index (χ1n) is 4.99. The predicted octanol–water partition coefficient (Wildman–Crippen LogP) is 0.505. The van der Waals surface area contributed by atoms with Crippen molar-refractivity contribution in [2.24, 2.45) is 0 Å². The largest absolute Gasteiger partial charge is 0.478 e. The molecule has 0 aliphatic heterocycles. The van der Waals surface area contributed by atoms with Gasteiger partial charge < -0.3 is 15.4 Å². The molecule has 0 fully saturated rings. The number of para-hydroxylation sites is 1. The van der Waals surface area contributed by atoms with Crippen molar-refractivity contribution in [1.29, 1.82) is 0 Å². The Balaban J connectivity index is 2.43. The molecule has 0 amide bonds. The lowest BCUT2D eigenvalue weighted by Crippen LogP contribution is -2.23. The zero-order chi connectivity index (χ0) is 13.1. The van der Waals surface area contributed by atoms with Crippen LogP contribution in [-0.4, -0.2) is 21.0 Å². The van der Waals surface area contributed by atoms with Crippen LogP contribution in [0.3, 0.4) is 0 Å². The summed E-state index contributed by atoms with van der Waals surface area (Å²) < 4.78 is 0. The predicted molar refractivity (Wildman–Crippen MR) is 64.4 cm³/mol. The zero-order valence-corrected chi connectivity index (χ0v) is 9.06. The van der Waals surface area contributed by atoms with Gasteiger partial charge in [0, 0.05) is 6.20 Å². The third-order valence-corrected chi connectivity index (χ3v) is 2.25. The number of H-pyrrole nitrogens is 2. The molecule has 0 bridgehead atoms. The highest BCUT2D eigenvalue weighted by Crippen LogP contribution is 2.17. The normalized spacial score (nSPS) is 10.0. The van der Waals surface area contributed by atoms with Crippen LogP contribution >= 0.6 is 0 Å². The maximum atomic E-state index is 11.4. The Morgan fingerprint density at radius 1 is 1.17 bits per heavy atom. The van der Waals surface area contributed by atoms with Crippen molar-refractivity contribution in [1.82, 2.24) is 9.97 Å². The van der Waals surface area contributed by atoms with Crippen molar-refractivity contribution in [3.63, 3.8) is 0 Å². The fourth-order valence-electron chi connectivity index (χ4n) is 1.43. The Labute approximate surface area is 100 Å². The van der Waals surface area contributed by atoms with Gasteiger partial charge in [-0.1, -0.05) is 12.1 Å². The standard InChI is InChI=1S/C11H9N3O4/c15-9-8(5-12-11(18)14-9)13-7-4-2-1-3-6(7)10(16)17/h1-5,13H,(H,16,17)(H2,12,14,15,18). The number of nitrogens with one attached hydrogen (secondary N) is 3. The SMILES string of the molecule is O=C(O)c1ccccc1Nc1c[nH]c(=O)[nH]c1=O. The molecule has 0 aliphatic rings. The van der Waals surface area contributed by atoms with Gasteiger partial charge in [-0.15, -0.1) is 0 Å². The highest BCUT2D eigenvalue weighted by Gasteiger charge is 2.10. The van der Waals surface area contributed by atoms with Crippen LogP contribution in [0.4, 0.5) is 11.4 Å². The smallest absolute Gasteiger partial charge is 0.337 e. The maximum absolute atomic E-state index is 11.4. The minimum Gasteiger partial charge on any atom is -0.478 e. The molecular formula is C11H9N3O4. The van der Waals surface area contributed by atoms with E-state index < -0.39 is 17.2 Å². The monoisotopic (exact) mass is 247 g/mol. The Bertz CT molecular complexity index is 702. The Kier molecular flexibility index (Phi) is 2.96. The minimum absolute atomic E-state index is 0.0306. The van der Waals surface area contributed by atoms with Crippen molar-refractivity contribution in [3.05, 3.63) is 56.9 Å². The summed E-state index contributed by atoms with van der Waals surface area (Å²) in [6.07, 6.45) is 1.18. The van der Waals surface area contributed by atoms with Gasteiger partial charge >= 0.3 is 11.7 Å². The molecular weight excluding hydrogens is 238 g/mol. The van der Waals surface area contributed by atoms with Crippen LogP contribution in [0.1, 0.15) is 10.4 Å². The average Bonchev–Trinajstić information content (AvgIpc) is 2.33. The fraction of sp³-hybridized carbons (Fsp3) is 0. The first kappa shape index (κ1) is 11.6. The second-order valence-electron chi connectivity index (χ2n) is 3.46. The van der Waals surface area contributed by atoms with Crippen LogP contribution in [0.15, 0.2) is 40.1 Å². The van der Waals surface area contributed by atoms with Gasteiger partial charge in [0.1, 0.15) is 5.69 Å².